The maximum atomic E-state index is 10.8. The maximum absolute atomic E-state index is 10.8. The van der Waals surface area contributed by atoms with Gasteiger partial charge in [0.2, 0.25) is 0 Å². The monoisotopic (exact) mass is 446 g/mol. The molecule has 0 amide bonds. The second kappa shape index (κ2) is 11.5. The summed E-state index contributed by atoms with van der Waals surface area (Å²) >= 11 is 0. The molecule has 0 bridgehead atoms. The first-order valence-corrected chi connectivity index (χ1v) is 10.3. The quantitative estimate of drug-likeness (QED) is 0.373. The van der Waals surface area contributed by atoms with Crippen molar-refractivity contribution < 1.29 is 90.2 Å². The fourth-order valence-electron chi connectivity index (χ4n) is 2.25. The summed E-state index contributed by atoms with van der Waals surface area (Å²) in [4.78, 5) is -0.390. The zero-order valence-electron chi connectivity index (χ0n) is 17.0. The van der Waals surface area contributed by atoms with Gasteiger partial charge in [0.25, 0.3) is 0 Å². The third kappa shape index (κ3) is 7.71. The number of hydrogen-bond acceptors (Lipinski definition) is 7. The van der Waals surface area contributed by atoms with Gasteiger partial charge >= 0.3 is 59.1 Å². The smallest absolute Gasteiger partial charge is 0.744 e. The standard InChI is InChI=1S/C9H12O3S.C8H10O4S.2Na/c1-6-4-5-9(13(10,11)12)8(3)7(6)2;1-5-6(2)8(13(10,11)12)4-3-7(5)9;;/h4-5H,1-3H3,(H,10,11,12);3-4,9H,1-2H3,(H,10,11,12);;/q;;2*+1/p-2. The Kier molecular flexibility index (Phi) is 12.4. The van der Waals surface area contributed by atoms with Crippen molar-refractivity contribution in [3.63, 3.8) is 0 Å². The second-order valence-electron chi connectivity index (χ2n) is 5.87. The molecule has 144 valence electrons. The predicted octanol–water partition coefficient (Wildman–Crippen LogP) is -3.56. The molecule has 2 rings (SSSR count). The van der Waals surface area contributed by atoms with Crippen LogP contribution in [0.2, 0.25) is 0 Å². The number of benzene rings is 2. The van der Waals surface area contributed by atoms with E-state index in [2.05, 4.69) is 0 Å². The topological polar surface area (TPSA) is 135 Å². The largest absolute Gasteiger partial charge is 1.00 e. The van der Waals surface area contributed by atoms with Crippen molar-refractivity contribution in [1.29, 1.82) is 0 Å². The van der Waals surface area contributed by atoms with E-state index in [0.717, 1.165) is 17.2 Å². The van der Waals surface area contributed by atoms with Gasteiger partial charge in [-0.15, -0.1) is 0 Å². The second-order valence-corrected chi connectivity index (χ2v) is 8.57. The van der Waals surface area contributed by atoms with E-state index in [-0.39, 0.29) is 74.7 Å². The average molecular weight is 446 g/mol. The average Bonchev–Trinajstić information content (AvgIpc) is 2.48. The summed E-state index contributed by atoms with van der Waals surface area (Å²) in [6.07, 6.45) is 0. The van der Waals surface area contributed by atoms with Crippen molar-refractivity contribution >= 4 is 20.2 Å². The van der Waals surface area contributed by atoms with Crippen LogP contribution in [0, 0.1) is 34.6 Å². The van der Waals surface area contributed by atoms with E-state index in [9.17, 15) is 31.0 Å². The van der Waals surface area contributed by atoms with Crippen LogP contribution in [0.4, 0.5) is 0 Å². The first-order chi connectivity index (χ1) is 11.7. The molecular weight excluding hydrogens is 426 g/mol. The van der Waals surface area contributed by atoms with Gasteiger partial charge < -0.3 is 14.2 Å². The summed E-state index contributed by atoms with van der Waals surface area (Å²) in [7, 11) is -8.76. The molecule has 2 aromatic rings. The van der Waals surface area contributed by atoms with Crippen LogP contribution in [-0.4, -0.2) is 31.0 Å². The van der Waals surface area contributed by atoms with Gasteiger partial charge in [-0.2, -0.15) is 0 Å². The third-order valence-electron chi connectivity index (χ3n) is 4.26. The van der Waals surface area contributed by atoms with Crippen LogP contribution in [-0.2, 0) is 20.2 Å². The molecule has 0 aliphatic heterocycles. The molecule has 11 heteroatoms. The van der Waals surface area contributed by atoms with Crippen LogP contribution in [0.5, 0.6) is 5.75 Å². The molecule has 0 aromatic heterocycles. The van der Waals surface area contributed by atoms with Gasteiger partial charge in [0.05, 0.1) is 9.79 Å². The van der Waals surface area contributed by atoms with Crippen LogP contribution in [0.1, 0.15) is 27.8 Å². The molecule has 2 aromatic carbocycles. The van der Waals surface area contributed by atoms with Crippen molar-refractivity contribution in [1.82, 2.24) is 0 Å². The minimum absolute atomic E-state index is 0. The van der Waals surface area contributed by atoms with E-state index >= 15 is 0 Å². The van der Waals surface area contributed by atoms with Gasteiger partial charge in [-0.05, 0) is 80.6 Å². The molecular formula is C17H20Na2O7S2. The molecule has 28 heavy (non-hydrogen) atoms. The Hall–Kier alpha value is 0.0600. The van der Waals surface area contributed by atoms with Gasteiger partial charge in [-0.1, -0.05) is 6.07 Å². The number of aromatic hydroxyl groups is 1. The number of rotatable bonds is 2. The van der Waals surface area contributed by atoms with Gasteiger partial charge in [-0.25, -0.2) is 16.8 Å². The fourth-order valence-corrected chi connectivity index (χ4v) is 3.78. The SMILES string of the molecule is Cc1c(O)ccc(S(=O)(=O)[O-])c1C.Cc1ccc(S(=O)(=O)[O-])c(C)c1C.[Na+].[Na+]. The van der Waals surface area contributed by atoms with Crippen LogP contribution >= 0.6 is 0 Å². The summed E-state index contributed by atoms with van der Waals surface area (Å²) in [6, 6.07) is 5.32. The first kappa shape index (κ1) is 30.3. The van der Waals surface area contributed by atoms with Crippen LogP contribution < -0.4 is 59.1 Å². The van der Waals surface area contributed by atoms with E-state index in [4.69, 9.17) is 0 Å². The molecule has 0 unspecified atom stereocenters. The fraction of sp³-hybridized carbons (Fsp3) is 0.294. The van der Waals surface area contributed by atoms with Crippen LogP contribution in [0.15, 0.2) is 34.1 Å². The van der Waals surface area contributed by atoms with Crippen molar-refractivity contribution in [2.24, 2.45) is 0 Å². The summed E-state index contributed by atoms with van der Waals surface area (Å²) in [5, 5.41) is 9.19. The number of phenolic OH excluding ortho intramolecular Hbond substituents is 1. The van der Waals surface area contributed by atoms with E-state index in [1.165, 1.54) is 19.1 Å². The molecule has 0 spiro atoms. The third-order valence-corrected chi connectivity index (χ3v) is 6.22. The molecule has 0 aliphatic rings. The Morgan fingerprint density at radius 2 is 1.00 bits per heavy atom. The maximum Gasteiger partial charge on any atom is 1.00 e. The number of aryl methyl sites for hydroxylation is 1. The predicted molar refractivity (Wildman–Crippen MR) is 94.2 cm³/mol. The summed E-state index contributed by atoms with van der Waals surface area (Å²) in [6.45, 7) is 8.37. The molecule has 1 N–H and O–H groups in total. The molecule has 0 heterocycles. The Morgan fingerprint density at radius 1 is 0.643 bits per heavy atom. The van der Waals surface area contributed by atoms with Crippen molar-refractivity contribution in [2.75, 3.05) is 0 Å². The van der Waals surface area contributed by atoms with E-state index < -0.39 is 20.2 Å². The van der Waals surface area contributed by atoms with Gasteiger partial charge in [0.15, 0.2) is 0 Å². The van der Waals surface area contributed by atoms with Crippen LogP contribution in [0.25, 0.3) is 0 Å². The summed E-state index contributed by atoms with van der Waals surface area (Å²) < 4.78 is 64.3. The van der Waals surface area contributed by atoms with E-state index in [0.29, 0.717) is 16.7 Å². The van der Waals surface area contributed by atoms with E-state index in [1.54, 1.807) is 26.8 Å². The van der Waals surface area contributed by atoms with Crippen molar-refractivity contribution in [3.05, 3.63) is 52.1 Å². The van der Waals surface area contributed by atoms with Crippen LogP contribution in [0.3, 0.4) is 0 Å². The van der Waals surface area contributed by atoms with Gasteiger partial charge in [0.1, 0.15) is 26.0 Å². The number of phenols is 1. The molecule has 0 atom stereocenters. The summed E-state index contributed by atoms with van der Waals surface area (Å²) in [5.41, 5.74) is 3.11. The molecule has 0 saturated heterocycles. The minimum atomic E-state index is -4.43. The Labute approximate surface area is 210 Å². The summed E-state index contributed by atoms with van der Waals surface area (Å²) in [5.74, 6) is -0.00935. The van der Waals surface area contributed by atoms with Crippen molar-refractivity contribution in [3.8, 4) is 5.75 Å². The zero-order chi connectivity index (χ0) is 20.4. The van der Waals surface area contributed by atoms with Gasteiger partial charge in [0, 0.05) is 0 Å². The molecule has 0 aliphatic carbocycles. The molecule has 0 fully saturated rings. The number of hydrogen-bond donors (Lipinski definition) is 1. The normalized spacial score (nSPS) is 10.8. The first-order valence-electron chi connectivity index (χ1n) is 7.45. The Morgan fingerprint density at radius 3 is 1.39 bits per heavy atom. The molecule has 0 radical (unpaired) electrons. The minimum Gasteiger partial charge on any atom is -0.744 e. The van der Waals surface area contributed by atoms with Gasteiger partial charge in [-0.3, -0.25) is 0 Å². The molecule has 0 saturated carbocycles. The molecule has 7 nitrogen and oxygen atoms in total. The van der Waals surface area contributed by atoms with E-state index in [1.807, 2.05) is 6.92 Å². The Bertz CT molecular complexity index is 962. The van der Waals surface area contributed by atoms with Crippen molar-refractivity contribution in [2.45, 2.75) is 44.4 Å². The Balaban J connectivity index is 0. The zero-order valence-corrected chi connectivity index (χ0v) is 22.7.